The van der Waals surface area contributed by atoms with Crippen LogP contribution in [0.3, 0.4) is 0 Å². The van der Waals surface area contributed by atoms with Crippen molar-refractivity contribution in [1.82, 2.24) is 9.13 Å². The summed E-state index contributed by atoms with van der Waals surface area (Å²) in [7, 11) is 0. The van der Waals surface area contributed by atoms with E-state index in [9.17, 15) is 0 Å². The first-order valence-electron chi connectivity index (χ1n) is 42.4. The Morgan fingerprint density at radius 3 is 1.11 bits per heavy atom. The SMILES string of the molecule is CC1(C)c2ccccc2-c2c(ccc3sc4ccc(-n5c6ccccc6c6ccccc65)cc4c23)C1(C)C.CC1(C)c2ccccc2-c2c(ccc3sc4ccc(N(c5ccccc5)c5ccccc5)cc4c23)C1(C)C.CC1(C)c2ccccc2-c2ccc3c(sc4ccc(-c5ccc(-n6c7ccccc7c7ccccc76)cc5)cc43)c2C1(C)C. The monoisotopic (exact) mass is 1600 g/mol. The molecule has 5 heterocycles. The molecular weight excluding hydrogens is 1510 g/mol. The second kappa shape index (κ2) is 27.0. The van der Waals surface area contributed by atoms with Crippen molar-refractivity contribution in [3.63, 3.8) is 0 Å². The minimum absolute atomic E-state index is 0.00312. The first-order chi connectivity index (χ1) is 58.1. The van der Waals surface area contributed by atoms with E-state index < -0.39 is 0 Å². The Morgan fingerprint density at radius 1 is 0.225 bits per heavy atom. The fraction of sp³-hybridized carbons (Fsp3) is 0.158. The van der Waals surface area contributed by atoms with Gasteiger partial charge in [0.05, 0.1) is 22.1 Å². The van der Waals surface area contributed by atoms with E-state index in [4.69, 9.17) is 0 Å². The van der Waals surface area contributed by atoms with Crippen molar-refractivity contribution in [2.75, 3.05) is 4.90 Å². The number of fused-ring (bicyclic) bond motifs is 27. The van der Waals surface area contributed by atoms with Gasteiger partial charge in [-0.05, 0) is 226 Å². The van der Waals surface area contributed by atoms with Gasteiger partial charge in [0.15, 0.2) is 0 Å². The summed E-state index contributed by atoms with van der Waals surface area (Å²) in [5, 5.41) is 13.4. The molecular formula is C114H93N3S3. The van der Waals surface area contributed by atoms with Crippen LogP contribution in [-0.2, 0) is 32.5 Å². The van der Waals surface area contributed by atoms with Crippen molar-refractivity contribution < 1.29 is 0 Å². The van der Waals surface area contributed by atoms with Crippen molar-refractivity contribution in [3.05, 3.63) is 379 Å². The van der Waals surface area contributed by atoms with Crippen molar-refractivity contribution in [2.24, 2.45) is 0 Å². The van der Waals surface area contributed by atoms with Gasteiger partial charge in [-0.25, -0.2) is 0 Å². The highest BCUT2D eigenvalue weighted by atomic mass is 32.1. The average molecular weight is 1600 g/mol. The summed E-state index contributed by atoms with van der Waals surface area (Å²) in [6.07, 6.45) is 0. The lowest BCUT2D eigenvalue weighted by Gasteiger charge is -2.48. The highest BCUT2D eigenvalue weighted by Gasteiger charge is 2.50. The topological polar surface area (TPSA) is 13.1 Å². The molecule has 0 fully saturated rings. The number of anilines is 3. The van der Waals surface area contributed by atoms with Crippen LogP contribution in [0.25, 0.3) is 160 Å². The number of thiophene rings is 3. The van der Waals surface area contributed by atoms with Gasteiger partial charge >= 0.3 is 0 Å². The van der Waals surface area contributed by atoms with Crippen LogP contribution >= 0.6 is 34.0 Å². The van der Waals surface area contributed by atoms with Crippen molar-refractivity contribution >= 4 is 155 Å². The third-order valence-electron chi connectivity index (χ3n) is 29.3. The Kier molecular flexibility index (Phi) is 16.7. The van der Waals surface area contributed by atoms with Gasteiger partial charge in [-0.2, -0.15) is 0 Å². The van der Waals surface area contributed by atoms with Crippen LogP contribution in [0.4, 0.5) is 17.1 Å². The third-order valence-corrected chi connectivity index (χ3v) is 32.8. The molecule has 16 aromatic carbocycles. The van der Waals surface area contributed by atoms with Crippen molar-refractivity contribution in [1.29, 1.82) is 0 Å². The largest absolute Gasteiger partial charge is 0.310 e. The van der Waals surface area contributed by atoms with Gasteiger partial charge < -0.3 is 14.0 Å². The van der Waals surface area contributed by atoms with E-state index in [0.717, 1.165) is 11.4 Å². The zero-order valence-electron chi connectivity index (χ0n) is 70.0. The zero-order valence-corrected chi connectivity index (χ0v) is 72.4. The maximum Gasteiger partial charge on any atom is 0.0541 e. The summed E-state index contributed by atoms with van der Waals surface area (Å²) < 4.78 is 13.0. The molecule has 3 nitrogen and oxygen atoms in total. The molecule has 0 atom stereocenters. The highest BCUT2D eigenvalue weighted by Crippen LogP contribution is 2.61. The normalized spacial score (nSPS) is 15.4. The molecule has 0 radical (unpaired) electrons. The van der Waals surface area contributed by atoms with Crippen LogP contribution < -0.4 is 4.90 Å². The molecule has 5 aromatic heterocycles. The van der Waals surface area contributed by atoms with E-state index in [1.165, 1.54) is 199 Å². The minimum atomic E-state index is -0.0114. The zero-order chi connectivity index (χ0) is 81.7. The Labute approximate surface area is 714 Å². The predicted molar refractivity (Wildman–Crippen MR) is 521 cm³/mol. The second-order valence-electron chi connectivity index (χ2n) is 36.6. The average Bonchev–Trinajstić information content (AvgIpc) is 1.28. The van der Waals surface area contributed by atoms with E-state index in [0.29, 0.717) is 0 Å². The van der Waals surface area contributed by atoms with Gasteiger partial charge in [0.25, 0.3) is 0 Å². The van der Waals surface area contributed by atoms with Crippen LogP contribution in [0, 0.1) is 0 Å². The van der Waals surface area contributed by atoms with Gasteiger partial charge in [0.2, 0.25) is 0 Å². The fourth-order valence-electron chi connectivity index (χ4n) is 21.0. The van der Waals surface area contributed by atoms with E-state index >= 15 is 0 Å². The highest BCUT2D eigenvalue weighted by molar-refractivity contribution is 7.26. The predicted octanol–water partition coefficient (Wildman–Crippen LogP) is 33.2. The third kappa shape index (κ3) is 10.8. The summed E-state index contributed by atoms with van der Waals surface area (Å²) >= 11 is 5.77. The van der Waals surface area contributed by atoms with Crippen molar-refractivity contribution in [2.45, 2.75) is 116 Å². The van der Waals surface area contributed by atoms with Crippen LogP contribution in [0.15, 0.2) is 346 Å². The fourth-order valence-corrected chi connectivity index (χ4v) is 24.6. The lowest BCUT2D eigenvalue weighted by molar-refractivity contribution is 0.299. The molecule has 6 heteroatoms. The Morgan fingerprint density at radius 2 is 0.600 bits per heavy atom. The lowest BCUT2D eigenvalue weighted by Crippen LogP contribution is -2.43. The number of aromatic nitrogens is 2. The quantitative estimate of drug-likeness (QED) is 0.162. The summed E-state index contributed by atoms with van der Waals surface area (Å²) in [6, 6.07) is 128. The Balaban J connectivity index is 0.000000108. The van der Waals surface area contributed by atoms with Crippen LogP contribution in [0.5, 0.6) is 0 Å². The van der Waals surface area contributed by atoms with E-state index in [-0.39, 0.29) is 32.5 Å². The molecule has 0 N–H and O–H groups in total. The summed E-state index contributed by atoms with van der Waals surface area (Å²) in [6.45, 7) is 29.0. The number of hydrogen-bond acceptors (Lipinski definition) is 4. The standard InChI is InChI=1S/C42H33NS.C36H29NS.C36H31NS/c1-41(2)35-14-8-5-11-29(35)32-22-23-33-34-25-27(19-24-38(34)44-40(33)39(32)42(41,3)4)26-17-20-28(21-18-26)43-36-15-9-6-12-30(36)31-13-7-10-16-37(31)43;1-35(2)27-14-8-5-13-25(27)33-28(36(35,3)4)18-20-32-34(33)26-21-22(17-19-31(26)38-32)37-29-15-9-6-11-23(29)24-12-7-10-16-30(24)37;1-35(2)29-18-12-11-17-27(29)33-30(36(35,3)4)20-22-32-34(33)28-23-26(19-21-31(28)38-32)37(24-13-7-5-8-14-24)25-15-9-6-10-16-25/h5-25H,1-4H3;5-21H,1-4H3;5-23H,1-4H3. The smallest absolute Gasteiger partial charge is 0.0541 e. The summed E-state index contributed by atoms with van der Waals surface area (Å²) in [4.78, 5) is 2.36. The maximum atomic E-state index is 2.44. The van der Waals surface area contributed by atoms with Gasteiger partial charge in [-0.15, -0.1) is 34.0 Å². The molecule has 582 valence electrons. The molecule has 24 rings (SSSR count). The van der Waals surface area contributed by atoms with E-state index in [1.54, 1.807) is 0 Å². The first-order valence-corrected chi connectivity index (χ1v) is 44.8. The number of rotatable bonds is 6. The molecule has 0 bridgehead atoms. The molecule has 0 amide bonds. The minimum Gasteiger partial charge on any atom is -0.310 e. The molecule has 3 aliphatic carbocycles. The maximum absolute atomic E-state index is 2.44. The summed E-state index contributed by atoms with van der Waals surface area (Å²) in [5.74, 6) is 0. The second-order valence-corrected chi connectivity index (χ2v) is 39.9. The molecule has 120 heavy (non-hydrogen) atoms. The van der Waals surface area contributed by atoms with Crippen LogP contribution in [-0.4, -0.2) is 9.13 Å². The molecule has 0 saturated heterocycles. The van der Waals surface area contributed by atoms with Crippen LogP contribution in [0.1, 0.15) is 116 Å². The molecule has 0 saturated carbocycles. The number of para-hydroxylation sites is 6. The van der Waals surface area contributed by atoms with E-state index in [2.05, 4.69) is 443 Å². The molecule has 0 spiro atoms. The Hall–Kier alpha value is -12.4. The molecule has 21 aromatic rings. The first kappa shape index (κ1) is 73.9. The molecule has 0 aliphatic heterocycles. The van der Waals surface area contributed by atoms with Crippen LogP contribution in [0.2, 0.25) is 0 Å². The summed E-state index contributed by atoms with van der Waals surface area (Å²) in [5.41, 5.74) is 30.6. The number of hydrogen-bond donors (Lipinski definition) is 0. The molecule has 0 unspecified atom stereocenters. The lowest BCUT2D eigenvalue weighted by atomic mass is 9.55. The number of nitrogens with zero attached hydrogens (tertiary/aromatic N) is 3. The molecule has 3 aliphatic rings. The van der Waals surface area contributed by atoms with Gasteiger partial charge in [-0.3, -0.25) is 0 Å². The Bertz CT molecular complexity index is 7630. The van der Waals surface area contributed by atoms with Gasteiger partial charge in [-0.1, -0.05) is 308 Å². The number of benzene rings is 16. The van der Waals surface area contributed by atoms with Crippen molar-refractivity contribution in [3.8, 4) is 55.9 Å². The van der Waals surface area contributed by atoms with E-state index in [1.807, 2.05) is 34.0 Å². The van der Waals surface area contributed by atoms with Gasteiger partial charge in [0.1, 0.15) is 0 Å². The van der Waals surface area contributed by atoms with Gasteiger partial charge in [0, 0.05) is 116 Å².